The van der Waals surface area contributed by atoms with Crippen LogP contribution in [-0.4, -0.2) is 62.1 Å². The van der Waals surface area contributed by atoms with Gasteiger partial charge in [0, 0.05) is 12.5 Å². The van der Waals surface area contributed by atoms with Gasteiger partial charge in [-0.3, -0.25) is 0 Å². The van der Waals surface area contributed by atoms with Gasteiger partial charge >= 0.3 is 0 Å². The van der Waals surface area contributed by atoms with E-state index >= 15 is 0 Å². The van der Waals surface area contributed by atoms with Crippen molar-refractivity contribution in [3.63, 3.8) is 0 Å². The van der Waals surface area contributed by atoms with Gasteiger partial charge in [-0.2, -0.15) is 0 Å². The molecule has 172 valence electrons. The highest BCUT2D eigenvalue weighted by Crippen LogP contribution is 2.33. The maximum absolute atomic E-state index is 9.93. The molecule has 0 aromatic heterocycles. The van der Waals surface area contributed by atoms with Crippen LogP contribution in [0.1, 0.15) is 38.8 Å². The van der Waals surface area contributed by atoms with Gasteiger partial charge in [0.2, 0.25) is 6.10 Å². The quantitative estimate of drug-likeness (QED) is 0.490. The topological polar surface area (TPSA) is 80.1 Å². The van der Waals surface area contributed by atoms with E-state index in [0.717, 1.165) is 16.9 Å². The van der Waals surface area contributed by atoms with Gasteiger partial charge in [0.15, 0.2) is 6.61 Å². The monoisotopic (exact) mass is 433 g/mol. The van der Waals surface area contributed by atoms with Crippen LogP contribution in [0, 0.1) is 0 Å². The lowest BCUT2D eigenvalue weighted by Gasteiger charge is -2.26. The van der Waals surface area contributed by atoms with Crippen molar-refractivity contribution in [3.8, 4) is 11.5 Å². The second kappa shape index (κ2) is 12.1. The molecule has 31 heavy (non-hydrogen) atoms. The van der Waals surface area contributed by atoms with Crippen molar-refractivity contribution in [1.82, 2.24) is 0 Å². The summed E-state index contributed by atoms with van der Waals surface area (Å²) in [5, 5.41) is 17.7. The molecule has 0 heterocycles. The lowest BCUT2D eigenvalue weighted by atomic mass is 9.78. The van der Waals surface area contributed by atoms with E-state index in [2.05, 4.69) is 26.0 Å². The molecule has 0 aliphatic heterocycles. The maximum Gasteiger partial charge on any atom is 0.212 e. The Labute approximate surface area is 185 Å². The molecule has 6 nitrogen and oxygen atoms in total. The molecule has 0 spiro atoms. The summed E-state index contributed by atoms with van der Waals surface area (Å²) < 4.78 is 21.7. The molecule has 0 amide bonds. The molecule has 0 saturated heterocycles. The second-order valence-electron chi connectivity index (χ2n) is 8.48. The fourth-order valence-electron chi connectivity index (χ4n) is 3.09. The average molecular weight is 434 g/mol. The molecule has 2 atom stereocenters. The minimum absolute atomic E-state index is 0.0852. The summed E-state index contributed by atoms with van der Waals surface area (Å²) >= 11 is 0. The Morgan fingerprint density at radius 1 is 0.806 bits per heavy atom. The standard InChI is InChI=1S/C25H36O6/c1-18(2)29-15-22(27)17-31-24-12-8-20(9-13-24)25(3,4)19-6-10-23(11-7-19)30-16-21(26)14-28-5/h6-13,18,21-22,26-27H,14-17H2,1-5H3/p+1. The zero-order valence-electron chi connectivity index (χ0n) is 19.3. The number of benzene rings is 2. The van der Waals surface area contributed by atoms with Crippen molar-refractivity contribution in [3.05, 3.63) is 59.7 Å². The summed E-state index contributed by atoms with van der Waals surface area (Å²) in [4.78, 5) is 0. The first-order chi connectivity index (χ1) is 14.7. The van der Waals surface area contributed by atoms with E-state index in [1.165, 1.54) is 0 Å². The Balaban J connectivity index is 1.94. The van der Waals surface area contributed by atoms with E-state index in [1.807, 2.05) is 50.2 Å². The number of rotatable bonds is 13. The summed E-state index contributed by atoms with van der Waals surface area (Å²) in [7, 11) is 1.59. The SMILES string of the molecule is COCC([OH2+])COc1ccc(C(C)(C)c2ccc(OCC(O)COC(C)C)cc2)cc1. The number of methoxy groups -OCH3 is 1. The third-order valence-electron chi connectivity index (χ3n) is 5.04. The molecule has 2 unspecified atom stereocenters. The lowest BCUT2D eigenvalue weighted by molar-refractivity contribution is -0.0122. The van der Waals surface area contributed by atoms with Gasteiger partial charge in [0.1, 0.15) is 30.8 Å². The number of hydrogen-bond donors (Lipinski definition) is 1. The summed E-state index contributed by atoms with van der Waals surface area (Å²) in [6, 6.07) is 15.9. The molecule has 0 radical (unpaired) electrons. The third-order valence-corrected chi connectivity index (χ3v) is 5.04. The Morgan fingerprint density at radius 3 is 1.74 bits per heavy atom. The van der Waals surface area contributed by atoms with Crippen molar-refractivity contribution >= 4 is 0 Å². The Bertz CT molecular complexity index is 755. The van der Waals surface area contributed by atoms with Gasteiger partial charge in [-0.1, -0.05) is 38.1 Å². The van der Waals surface area contributed by atoms with Crippen molar-refractivity contribution < 1.29 is 29.2 Å². The summed E-state index contributed by atoms with van der Waals surface area (Å²) in [6.45, 7) is 9.33. The van der Waals surface area contributed by atoms with Gasteiger partial charge in [0.05, 0.1) is 12.7 Å². The second-order valence-corrected chi connectivity index (χ2v) is 8.48. The highest BCUT2D eigenvalue weighted by Gasteiger charge is 2.23. The first-order valence-corrected chi connectivity index (χ1v) is 10.7. The fourth-order valence-corrected chi connectivity index (χ4v) is 3.09. The Hall–Kier alpha value is -2.12. The van der Waals surface area contributed by atoms with E-state index in [0.29, 0.717) is 19.0 Å². The van der Waals surface area contributed by atoms with Crippen LogP contribution in [0.25, 0.3) is 0 Å². The largest absolute Gasteiger partial charge is 0.491 e. The highest BCUT2D eigenvalue weighted by atomic mass is 16.5. The fraction of sp³-hybridized carbons (Fsp3) is 0.520. The predicted octanol–water partition coefficient (Wildman–Crippen LogP) is 3.30. The minimum atomic E-state index is -0.654. The van der Waals surface area contributed by atoms with Crippen LogP contribution in [0.5, 0.6) is 11.5 Å². The van der Waals surface area contributed by atoms with Gasteiger partial charge < -0.3 is 29.2 Å². The smallest absolute Gasteiger partial charge is 0.212 e. The average Bonchev–Trinajstić information content (AvgIpc) is 2.75. The Kier molecular flexibility index (Phi) is 9.78. The van der Waals surface area contributed by atoms with E-state index in [4.69, 9.17) is 24.1 Å². The maximum atomic E-state index is 9.93. The molecule has 0 bridgehead atoms. The molecule has 0 aliphatic carbocycles. The lowest BCUT2D eigenvalue weighted by Crippen LogP contribution is -2.25. The van der Waals surface area contributed by atoms with Crippen molar-refractivity contribution in [1.29, 1.82) is 0 Å². The van der Waals surface area contributed by atoms with Crippen LogP contribution < -0.4 is 9.47 Å². The number of aliphatic hydroxyl groups excluding tert-OH is 1. The predicted molar refractivity (Wildman–Crippen MR) is 122 cm³/mol. The van der Waals surface area contributed by atoms with Crippen LogP contribution in [0.2, 0.25) is 0 Å². The zero-order chi connectivity index (χ0) is 22.9. The van der Waals surface area contributed by atoms with Crippen molar-refractivity contribution in [2.75, 3.05) is 33.5 Å². The van der Waals surface area contributed by atoms with Gasteiger partial charge in [-0.05, 0) is 49.2 Å². The molecule has 2 rings (SSSR count). The molecule has 6 heteroatoms. The molecule has 3 N–H and O–H groups in total. The molecule has 2 aromatic rings. The van der Waals surface area contributed by atoms with Gasteiger partial charge in [0.25, 0.3) is 0 Å². The zero-order valence-corrected chi connectivity index (χ0v) is 19.3. The highest BCUT2D eigenvalue weighted by molar-refractivity contribution is 5.41. The first-order valence-electron chi connectivity index (χ1n) is 10.7. The third kappa shape index (κ3) is 8.15. The van der Waals surface area contributed by atoms with Crippen LogP contribution in [0.15, 0.2) is 48.5 Å². The van der Waals surface area contributed by atoms with E-state index < -0.39 is 12.2 Å². The van der Waals surface area contributed by atoms with Crippen LogP contribution in [-0.2, 0) is 14.9 Å². The minimum Gasteiger partial charge on any atom is -0.491 e. The van der Waals surface area contributed by atoms with Gasteiger partial charge in [-0.25, -0.2) is 0 Å². The van der Waals surface area contributed by atoms with Crippen molar-refractivity contribution in [2.24, 2.45) is 0 Å². The van der Waals surface area contributed by atoms with E-state index in [-0.39, 0.29) is 24.7 Å². The molecular formula is C25H37O6+. The van der Waals surface area contributed by atoms with Crippen molar-refractivity contribution in [2.45, 2.75) is 51.4 Å². The first kappa shape index (κ1) is 25.1. The summed E-state index contributed by atoms with van der Waals surface area (Å²) in [5.41, 5.74) is 2.12. The van der Waals surface area contributed by atoms with Crippen LogP contribution in [0.4, 0.5) is 0 Å². The summed E-state index contributed by atoms with van der Waals surface area (Å²) in [5.74, 6) is 1.46. The van der Waals surface area contributed by atoms with E-state index in [1.54, 1.807) is 7.11 Å². The molecule has 2 aromatic carbocycles. The normalized spacial score (nSPS) is 13.8. The number of ether oxygens (including phenoxy) is 4. The number of aliphatic hydroxyl groups is 1. The van der Waals surface area contributed by atoms with Crippen LogP contribution >= 0.6 is 0 Å². The summed E-state index contributed by atoms with van der Waals surface area (Å²) in [6.07, 6.45) is -0.966. The molecule has 0 aliphatic rings. The van der Waals surface area contributed by atoms with Gasteiger partial charge in [-0.15, -0.1) is 0 Å². The molecule has 0 fully saturated rings. The van der Waals surface area contributed by atoms with E-state index in [9.17, 15) is 5.11 Å². The van der Waals surface area contributed by atoms with Crippen LogP contribution in [0.3, 0.4) is 0 Å². The number of hydrogen-bond acceptors (Lipinski definition) is 5. The molecule has 0 saturated carbocycles. The molecular weight excluding hydrogens is 396 g/mol. The Morgan fingerprint density at radius 2 is 1.29 bits per heavy atom.